The number of aromatic amines is 1. The molecule has 0 spiro atoms. The van der Waals surface area contributed by atoms with Crippen molar-refractivity contribution in [3.63, 3.8) is 0 Å². The Morgan fingerprint density at radius 3 is 2.93 bits per heavy atom. The lowest BCUT2D eigenvalue weighted by Crippen LogP contribution is -2.34. The molecule has 84 valence electrons. The second-order valence-corrected chi connectivity index (χ2v) is 5.21. The van der Waals surface area contributed by atoms with Crippen molar-refractivity contribution in [2.75, 3.05) is 5.75 Å². The predicted molar refractivity (Wildman–Crippen MR) is 58.5 cm³/mol. The van der Waals surface area contributed by atoms with Crippen molar-refractivity contribution in [3.05, 3.63) is 12.2 Å². The van der Waals surface area contributed by atoms with Gasteiger partial charge in [0.1, 0.15) is 17.9 Å². The molecule has 0 aliphatic carbocycles. The van der Waals surface area contributed by atoms with Crippen molar-refractivity contribution < 1.29 is 8.42 Å². The van der Waals surface area contributed by atoms with E-state index in [0.29, 0.717) is 5.82 Å². The molecule has 0 aliphatic heterocycles. The summed E-state index contributed by atoms with van der Waals surface area (Å²) < 4.78 is 25.2. The first kappa shape index (κ1) is 12.0. The molecule has 0 amide bonds. The lowest BCUT2D eigenvalue weighted by molar-refractivity contribution is 0.564. The number of sulfonamides is 1. The Bertz CT molecular complexity index is 426. The maximum Gasteiger partial charge on any atom is 0.218 e. The number of nitrogens with zero attached hydrogens (tertiary/aromatic N) is 2. The highest BCUT2D eigenvalue weighted by atomic mass is 32.2. The summed E-state index contributed by atoms with van der Waals surface area (Å²) in [6.07, 6.45) is 1.30. The van der Waals surface area contributed by atoms with Gasteiger partial charge in [-0.3, -0.25) is 5.10 Å². The first-order chi connectivity index (χ1) is 6.91. The SMILES string of the molecule is CC(NS(=O)(=O)CC(N)=S)c1ncn[nH]1. The van der Waals surface area contributed by atoms with Crippen molar-refractivity contribution in [3.8, 4) is 0 Å². The van der Waals surface area contributed by atoms with Crippen LogP contribution < -0.4 is 10.5 Å². The van der Waals surface area contributed by atoms with Crippen LogP contribution in [-0.4, -0.2) is 34.3 Å². The van der Waals surface area contributed by atoms with E-state index in [0.717, 1.165) is 0 Å². The predicted octanol–water partition coefficient (Wildman–Crippen LogP) is -0.929. The van der Waals surface area contributed by atoms with E-state index in [-0.39, 0.29) is 10.7 Å². The monoisotopic (exact) mass is 249 g/mol. The topological polar surface area (TPSA) is 114 Å². The molecule has 15 heavy (non-hydrogen) atoms. The summed E-state index contributed by atoms with van der Waals surface area (Å²) in [4.78, 5) is 3.75. The van der Waals surface area contributed by atoms with Gasteiger partial charge < -0.3 is 5.73 Å². The van der Waals surface area contributed by atoms with Gasteiger partial charge in [0.25, 0.3) is 0 Å². The normalized spacial score (nSPS) is 13.7. The first-order valence-electron chi connectivity index (χ1n) is 4.04. The van der Waals surface area contributed by atoms with Crippen molar-refractivity contribution in [2.45, 2.75) is 13.0 Å². The van der Waals surface area contributed by atoms with E-state index < -0.39 is 16.1 Å². The molecular formula is C6H11N5O2S2. The van der Waals surface area contributed by atoms with Crippen LogP contribution in [0.1, 0.15) is 18.8 Å². The number of hydrogen-bond donors (Lipinski definition) is 3. The molecule has 1 aromatic heterocycles. The average Bonchev–Trinajstić information content (AvgIpc) is 2.50. The van der Waals surface area contributed by atoms with Crippen molar-refractivity contribution in [1.29, 1.82) is 0 Å². The third-order valence-corrected chi connectivity index (χ3v) is 3.26. The summed E-state index contributed by atoms with van der Waals surface area (Å²) in [5, 5.41) is 6.17. The molecule has 0 aliphatic rings. The number of nitrogens with one attached hydrogen (secondary N) is 2. The van der Waals surface area contributed by atoms with Gasteiger partial charge in [-0.05, 0) is 6.92 Å². The van der Waals surface area contributed by atoms with Gasteiger partial charge in [0, 0.05) is 0 Å². The number of rotatable bonds is 5. The van der Waals surface area contributed by atoms with Gasteiger partial charge in [-0.2, -0.15) is 5.10 Å². The van der Waals surface area contributed by atoms with Gasteiger partial charge in [0.05, 0.1) is 11.0 Å². The van der Waals surface area contributed by atoms with Crippen LogP contribution in [0.2, 0.25) is 0 Å². The first-order valence-corrected chi connectivity index (χ1v) is 6.10. The van der Waals surface area contributed by atoms with E-state index in [9.17, 15) is 8.42 Å². The standard InChI is InChI=1S/C6H11N5O2S2/c1-4(6-8-3-9-10-6)11-15(12,13)2-5(7)14/h3-4,11H,2H2,1H3,(H2,7,14)(H,8,9,10). The number of thiocarbonyl (C=S) groups is 1. The Hall–Kier alpha value is -1.06. The van der Waals surface area contributed by atoms with Crippen LogP contribution in [-0.2, 0) is 10.0 Å². The molecular weight excluding hydrogens is 238 g/mol. The highest BCUT2D eigenvalue weighted by Gasteiger charge is 2.18. The summed E-state index contributed by atoms with van der Waals surface area (Å²) in [5.41, 5.74) is 5.15. The molecule has 0 saturated heterocycles. The van der Waals surface area contributed by atoms with Crippen molar-refractivity contribution in [1.82, 2.24) is 19.9 Å². The van der Waals surface area contributed by atoms with E-state index in [4.69, 9.17) is 5.73 Å². The minimum atomic E-state index is -3.51. The Labute approximate surface area is 92.5 Å². The summed E-state index contributed by atoms with van der Waals surface area (Å²) >= 11 is 4.52. The van der Waals surface area contributed by atoms with Gasteiger partial charge in [-0.25, -0.2) is 18.1 Å². The Morgan fingerprint density at radius 1 is 1.80 bits per heavy atom. The molecule has 1 aromatic rings. The zero-order valence-corrected chi connectivity index (χ0v) is 9.60. The molecule has 1 heterocycles. The van der Waals surface area contributed by atoms with Crippen LogP contribution in [0.25, 0.3) is 0 Å². The Balaban J connectivity index is 2.66. The van der Waals surface area contributed by atoms with Crippen LogP contribution in [0.3, 0.4) is 0 Å². The highest BCUT2D eigenvalue weighted by molar-refractivity contribution is 7.92. The minimum Gasteiger partial charge on any atom is -0.392 e. The fourth-order valence-corrected chi connectivity index (χ4v) is 2.55. The quantitative estimate of drug-likeness (QED) is 0.581. The molecule has 0 aromatic carbocycles. The number of aromatic nitrogens is 3. The summed E-state index contributed by atoms with van der Waals surface area (Å²) in [7, 11) is -3.51. The highest BCUT2D eigenvalue weighted by Crippen LogP contribution is 2.05. The zero-order valence-electron chi connectivity index (χ0n) is 7.97. The molecule has 9 heteroatoms. The van der Waals surface area contributed by atoms with Gasteiger partial charge in [-0.1, -0.05) is 12.2 Å². The van der Waals surface area contributed by atoms with Gasteiger partial charge in [0.2, 0.25) is 10.0 Å². The molecule has 0 bridgehead atoms. The maximum atomic E-state index is 11.4. The second-order valence-electron chi connectivity index (χ2n) is 2.94. The molecule has 1 atom stereocenters. The molecule has 0 saturated carbocycles. The molecule has 7 nitrogen and oxygen atoms in total. The summed E-state index contributed by atoms with van der Waals surface area (Å²) in [6.45, 7) is 1.64. The third kappa shape index (κ3) is 3.90. The van der Waals surface area contributed by atoms with Crippen molar-refractivity contribution in [2.24, 2.45) is 5.73 Å². The molecule has 0 fully saturated rings. The Kier molecular flexibility index (Phi) is 3.72. The van der Waals surface area contributed by atoms with Crippen LogP contribution in [0.5, 0.6) is 0 Å². The summed E-state index contributed by atoms with van der Waals surface area (Å²) in [6, 6.07) is -0.494. The number of hydrogen-bond acceptors (Lipinski definition) is 5. The lowest BCUT2D eigenvalue weighted by atomic mass is 10.3. The fraction of sp³-hybridized carbons (Fsp3) is 0.500. The van der Waals surface area contributed by atoms with Crippen LogP contribution in [0.15, 0.2) is 6.33 Å². The molecule has 1 unspecified atom stereocenters. The lowest BCUT2D eigenvalue weighted by Gasteiger charge is -2.10. The zero-order chi connectivity index (χ0) is 11.5. The van der Waals surface area contributed by atoms with Crippen molar-refractivity contribution >= 4 is 27.2 Å². The van der Waals surface area contributed by atoms with E-state index in [2.05, 4.69) is 32.1 Å². The largest absolute Gasteiger partial charge is 0.392 e. The molecule has 0 radical (unpaired) electrons. The second kappa shape index (κ2) is 4.64. The van der Waals surface area contributed by atoms with Crippen LogP contribution in [0.4, 0.5) is 0 Å². The summed E-state index contributed by atoms with van der Waals surface area (Å²) in [5.74, 6) is 0.0578. The fourth-order valence-electron chi connectivity index (χ4n) is 0.978. The van der Waals surface area contributed by atoms with Gasteiger partial charge in [-0.15, -0.1) is 0 Å². The number of H-pyrrole nitrogens is 1. The molecule has 1 rings (SSSR count). The van der Waals surface area contributed by atoms with Gasteiger partial charge >= 0.3 is 0 Å². The average molecular weight is 249 g/mol. The van der Waals surface area contributed by atoms with E-state index in [1.807, 2.05) is 0 Å². The Morgan fingerprint density at radius 2 is 2.47 bits per heavy atom. The van der Waals surface area contributed by atoms with E-state index in [1.165, 1.54) is 6.33 Å². The number of nitrogens with two attached hydrogens (primary N) is 1. The third-order valence-electron chi connectivity index (χ3n) is 1.53. The van der Waals surface area contributed by atoms with E-state index in [1.54, 1.807) is 6.92 Å². The van der Waals surface area contributed by atoms with Crippen LogP contribution in [0, 0.1) is 0 Å². The maximum absolute atomic E-state index is 11.4. The smallest absolute Gasteiger partial charge is 0.218 e. The van der Waals surface area contributed by atoms with Crippen LogP contribution >= 0.6 is 12.2 Å². The van der Waals surface area contributed by atoms with Gasteiger partial charge in [0.15, 0.2) is 0 Å². The molecule has 4 N–H and O–H groups in total. The minimum absolute atomic E-state index is 0.0766. The van der Waals surface area contributed by atoms with E-state index >= 15 is 0 Å².